The van der Waals surface area contributed by atoms with E-state index in [-0.39, 0.29) is 11.3 Å². The summed E-state index contributed by atoms with van der Waals surface area (Å²) in [5.74, 6) is -2.66. The predicted molar refractivity (Wildman–Crippen MR) is 74.6 cm³/mol. The van der Waals surface area contributed by atoms with Gasteiger partial charge in [0.05, 0.1) is 11.9 Å². The zero-order valence-electron chi connectivity index (χ0n) is 11.4. The molecule has 0 bridgehead atoms. The van der Waals surface area contributed by atoms with Crippen molar-refractivity contribution in [3.8, 4) is 0 Å². The number of benzene rings is 1. The number of imidazole rings is 1. The van der Waals surface area contributed by atoms with Crippen LogP contribution in [0.25, 0.3) is 0 Å². The van der Waals surface area contributed by atoms with E-state index in [9.17, 15) is 13.6 Å². The van der Waals surface area contributed by atoms with Gasteiger partial charge >= 0.3 is 0 Å². The van der Waals surface area contributed by atoms with Crippen molar-refractivity contribution in [3.63, 3.8) is 0 Å². The molecule has 0 spiro atoms. The second-order valence-electron chi connectivity index (χ2n) is 4.62. The van der Waals surface area contributed by atoms with Crippen molar-refractivity contribution in [2.75, 3.05) is 12.3 Å². The third-order valence-electron chi connectivity index (χ3n) is 3.02. The summed E-state index contributed by atoms with van der Waals surface area (Å²) in [6.45, 7) is 1.25. The number of aryl methyl sites for hydroxylation is 1. The Kier molecular flexibility index (Phi) is 4.86. The van der Waals surface area contributed by atoms with Crippen LogP contribution in [0.1, 0.15) is 23.2 Å². The highest BCUT2D eigenvalue weighted by molar-refractivity contribution is 5.99. The minimum atomic E-state index is -1.09. The Bertz CT molecular complexity index is 614. The van der Waals surface area contributed by atoms with Gasteiger partial charge in [-0.2, -0.15) is 0 Å². The maximum atomic E-state index is 13.1. The summed E-state index contributed by atoms with van der Waals surface area (Å²) in [5, 5.41) is 2.63. The van der Waals surface area contributed by atoms with Crippen molar-refractivity contribution in [3.05, 3.63) is 48.1 Å². The van der Waals surface area contributed by atoms with E-state index < -0.39 is 17.5 Å². The lowest BCUT2D eigenvalue weighted by Crippen LogP contribution is -2.25. The molecule has 0 unspecified atom stereocenters. The first kappa shape index (κ1) is 15.0. The molecule has 0 aliphatic heterocycles. The van der Waals surface area contributed by atoms with Crippen molar-refractivity contribution in [2.24, 2.45) is 0 Å². The summed E-state index contributed by atoms with van der Waals surface area (Å²) in [5.41, 5.74) is 5.38. The summed E-state index contributed by atoms with van der Waals surface area (Å²) in [6, 6.07) is 1.62. The van der Waals surface area contributed by atoms with Gasteiger partial charge in [-0.1, -0.05) is 0 Å². The molecule has 1 amide bonds. The molecule has 5 nitrogen and oxygen atoms in total. The number of nitrogens with one attached hydrogen (secondary N) is 1. The number of amides is 1. The Morgan fingerprint density at radius 2 is 2.05 bits per heavy atom. The molecule has 1 aromatic heterocycles. The lowest BCUT2D eigenvalue weighted by atomic mass is 10.1. The Morgan fingerprint density at radius 3 is 2.76 bits per heavy atom. The number of hydrogen-bond donors (Lipinski definition) is 2. The molecular formula is C14H16F2N4O. The lowest BCUT2D eigenvalue weighted by Gasteiger charge is -2.08. The van der Waals surface area contributed by atoms with Crippen molar-refractivity contribution in [1.29, 1.82) is 0 Å². The fourth-order valence-electron chi connectivity index (χ4n) is 1.89. The Morgan fingerprint density at radius 1 is 1.29 bits per heavy atom. The van der Waals surface area contributed by atoms with E-state index in [1.54, 1.807) is 12.5 Å². The highest BCUT2D eigenvalue weighted by Gasteiger charge is 2.13. The van der Waals surface area contributed by atoms with Gasteiger partial charge in [-0.3, -0.25) is 4.79 Å². The zero-order valence-corrected chi connectivity index (χ0v) is 11.4. The van der Waals surface area contributed by atoms with E-state index in [1.807, 2.05) is 10.8 Å². The van der Waals surface area contributed by atoms with Crippen molar-refractivity contribution < 1.29 is 13.6 Å². The topological polar surface area (TPSA) is 72.9 Å². The molecule has 0 aliphatic carbocycles. The third kappa shape index (κ3) is 4.01. The molecular weight excluding hydrogens is 278 g/mol. The quantitative estimate of drug-likeness (QED) is 0.632. The number of carbonyl (C=O) groups excluding carboxylic acids is 1. The van der Waals surface area contributed by atoms with Gasteiger partial charge in [0.1, 0.15) is 0 Å². The maximum Gasteiger partial charge on any atom is 0.253 e. The van der Waals surface area contributed by atoms with Gasteiger partial charge < -0.3 is 15.6 Å². The molecule has 0 aliphatic rings. The minimum absolute atomic E-state index is 0.0523. The monoisotopic (exact) mass is 294 g/mol. The van der Waals surface area contributed by atoms with E-state index in [0.717, 1.165) is 31.5 Å². The highest BCUT2D eigenvalue weighted by Crippen LogP contribution is 2.16. The van der Waals surface area contributed by atoms with Crippen LogP contribution in [0.3, 0.4) is 0 Å². The number of rotatable bonds is 6. The fraction of sp³-hybridized carbons (Fsp3) is 0.286. The summed E-state index contributed by atoms with van der Waals surface area (Å²) >= 11 is 0. The average molecular weight is 294 g/mol. The number of halogens is 2. The van der Waals surface area contributed by atoms with Crippen LogP contribution in [0, 0.1) is 11.6 Å². The van der Waals surface area contributed by atoms with Gasteiger partial charge in [-0.15, -0.1) is 0 Å². The van der Waals surface area contributed by atoms with Crippen LogP contribution in [0.2, 0.25) is 0 Å². The van der Waals surface area contributed by atoms with Crippen LogP contribution in [-0.2, 0) is 6.54 Å². The number of unbranched alkanes of at least 4 members (excludes halogenated alkanes) is 1. The first-order valence-electron chi connectivity index (χ1n) is 6.56. The number of nitrogens with zero attached hydrogens (tertiary/aromatic N) is 2. The predicted octanol–water partition coefficient (Wildman–Crippen LogP) is 1.95. The van der Waals surface area contributed by atoms with E-state index in [1.165, 1.54) is 0 Å². The minimum Gasteiger partial charge on any atom is -0.398 e. The number of nitrogen functional groups attached to an aromatic ring is 1. The lowest BCUT2D eigenvalue weighted by molar-refractivity contribution is 0.0953. The molecule has 1 heterocycles. The zero-order chi connectivity index (χ0) is 15.2. The average Bonchev–Trinajstić information content (AvgIpc) is 2.95. The molecule has 3 N–H and O–H groups in total. The Hall–Kier alpha value is -2.44. The number of anilines is 1. The number of nitrogens with two attached hydrogens (primary N) is 1. The van der Waals surface area contributed by atoms with Crippen molar-refractivity contribution in [1.82, 2.24) is 14.9 Å². The molecule has 21 heavy (non-hydrogen) atoms. The SMILES string of the molecule is Nc1cc(F)c(F)cc1C(=O)NCCCCn1ccnc1. The van der Waals surface area contributed by atoms with Crippen molar-refractivity contribution >= 4 is 11.6 Å². The van der Waals surface area contributed by atoms with Crippen LogP contribution in [0.15, 0.2) is 30.9 Å². The number of aromatic nitrogens is 2. The van der Waals surface area contributed by atoms with Gasteiger partial charge in [-0.25, -0.2) is 13.8 Å². The molecule has 0 atom stereocenters. The molecule has 0 fully saturated rings. The van der Waals surface area contributed by atoms with Crippen molar-refractivity contribution in [2.45, 2.75) is 19.4 Å². The first-order chi connectivity index (χ1) is 10.1. The largest absolute Gasteiger partial charge is 0.398 e. The van der Waals surface area contributed by atoms with E-state index in [0.29, 0.717) is 6.54 Å². The van der Waals surface area contributed by atoms with Gasteiger partial charge in [0.15, 0.2) is 11.6 Å². The van der Waals surface area contributed by atoms with Crippen LogP contribution >= 0.6 is 0 Å². The molecule has 2 rings (SSSR count). The fourth-order valence-corrected chi connectivity index (χ4v) is 1.89. The molecule has 2 aromatic rings. The summed E-state index contributed by atoms with van der Waals surface area (Å²) < 4.78 is 28.0. The smallest absolute Gasteiger partial charge is 0.253 e. The van der Waals surface area contributed by atoms with Gasteiger partial charge in [0.25, 0.3) is 5.91 Å². The molecule has 0 saturated carbocycles. The van der Waals surface area contributed by atoms with E-state index in [2.05, 4.69) is 10.3 Å². The van der Waals surface area contributed by atoms with Gasteiger partial charge in [-0.05, 0) is 18.9 Å². The second-order valence-corrected chi connectivity index (χ2v) is 4.62. The Balaban J connectivity index is 1.78. The van der Waals surface area contributed by atoms with E-state index >= 15 is 0 Å². The molecule has 1 aromatic carbocycles. The standard InChI is InChI=1S/C14H16F2N4O/c15-11-7-10(13(17)8-12(11)16)14(21)19-3-1-2-5-20-6-4-18-9-20/h4,6-9H,1-3,5,17H2,(H,19,21). The van der Waals surface area contributed by atoms with Crippen LogP contribution in [0.5, 0.6) is 0 Å². The number of hydrogen-bond acceptors (Lipinski definition) is 3. The Labute approximate surface area is 120 Å². The summed E-state index contributed by atoms with van der Waals surface area (Å²) in [4.78, 5) is 15.8. The highest BCUT2D eigenvalue weighted by atomic mass is 19.2. The third-order valence-corrected chi connectivity index (χ3v) is 3.02. The second kappa shape index (κ2) is 6.83. The first-order valence-corrected chi connectivity index (χ1v) is 6.56. The molecule has 112 valence electrons. The normalized spacial score (nSPS) is 10.6. The maximum absolute atomic E-state index is 13.1. The van der Waals surface area contributed by atoms with Crippen LogP contribution in [0.4, 0.5) is 14.5 Å². The molecule has 7 heteroatoms. The molecule has 0 radical (unpaired) electrons. The molecule has 0 saturated heterocycles. The van der Waals surface area contributed by atoms with Crippen LogP contribution < -0.4 is 11.1 Å². The van der Waals surface area contributed by atoms with Crippen LogP contribution in [-0.4, -0.2) is 22.0 Å². The van der Waals surface area contributed by atoms with E-state index in [4.69, 9.17) is 5.73 Å². The summed E-state index contributed by atoms with van der Waals surface area (Å²) in [7, 11) is 0. The number of carbonyl (C=O) groups is 1. The van der Waals surface area contributed by atoms with Gasteiger partial charge in [0, 0.05) is 37.2 Å². The van der Waals surface area contributed by atoms with Gasteiger partial charge in [0.2, 0.25) is 0 Å². The summed E-state index contributed by atoms with van der Waals surface area (Å²) in [6.07, 6.45) is 6.91.